The minimum absolute atomic E-state index is 0.313. The van der Waals surface area contributed by atoms with Crippen LogP contribution < -0.4 is 0 Å². The lowest BCUT2D eigenvalue weighted by molar-refractivity contribution is -0.137. The highest BCUT2D eigenvalue weighted by Crippen LogP contribution is 2.23. The monoisotopic (exact) mass is 340 g/mol. The van der Waals surface area contributed by atoms with Crippen LogP contribution in [0, 0.1) is 5.92 Å². The van der Waals surface area contributed by atoms with Gasteiger partial charge in [0.05, 0.1) is 6.10 Å². The van der Waals surface area contributed by atoms with Crippen molar-refractivity contribution in [1.82, 2.24) is 0 Å². The molecule has 1 fully saturated rings. The number of unbranched alkanes of at least 4 members (excludes halogenated alkanes) is 5. The summed E-state index contributed by atoms with van der Waals surface area (Å²) in [5, 5.41) is 17.8. The van der Waals surface area contributed by atoms with E-state index < -0.39 is 5.97 Å². The van der Waals surface area contributed by atoms with Crippen molar-refractivity contribution < 1.29 is 19.8 Å². The molecule has 0 spiro atoms. The van der Waals surface area contributed by atoms with E-state index in [4.69, 9.17) is 5.11 Å². The molecule has 0 aromatic rings. The smallest absolute Gasteiger partial charge is 0.303 e. The number of hydrogen-bond acceptors (Lipinski definition) is 3. The maximum atomic E-state index is 11.0. The Morgan fingerprint density at radius 3 is 2.38 bits per heavy atom. The SMILES string of the molecule is CCCCCC(O)/C=C/C1CCC(=O)C1.CCCCCCC(=O)O. The highest BCUT2D eigenvalue weighted by molar-refractivity contribution is 5.80. The molecule has 0 aliphatic heterocycles. The molecule has 2 N–H and O–H groups in total. The summed E-state index contributed by atoms with van der Waals surface area (Å²) in [7, 11) is 0. The summed E-state index contributed by atoms with van der Waals surface area (Å²) in [6, 6.07) is 0. The second kappa shape index (κ2) is 15.4. The van der Waals surface area contributed by atoms with Gasteiger partial charge in [-0.05, 0) is 25.2 Å². The number of aliphatic carboxylic acids is 1. The topological polar surface area (TPSA) is 74.6 Å². The van der Waals surface area contributed by atoms with Crippen LogP contribution in [0.25, 0.3) is 0 Å². The molecule has 0 saturated heterocycles. The average molecular weight is 341 g/mol. The van der Waals surface area contributed by atoms with E-state index in [1.807, 2.05) is 12.2 Å². The number of aliphatic hydroxyl groups is 1. The number of rotatable bonds is 11. The van der Waals surface area contributed by atoms with Crippen LogP contribution in [0.3, 0.4) is 0 Å². The Morgan fingerprint density at radius 2 is 1.83 bits per heavy atom. The number of Topliss-reactive ketones (excluding diaryl/α,β-unsaturated/α-hetero) is 1. The first-order valence-corrected chi connectivity index (χ1v) is 9.59. The number of carboxylic acid groups (broad SMARTS) is 1. The van der Waals surface area contributed by atoms with Gasteiger partial charge in [-0.15, -0.1) is 0 Å². The Hall–Kier alpha value is -1.16. The van der Waals surface area contributed by atoms with Crippen LogP contribution >= 0.6 is 0 Å². The molecular weight excluding hydrogens is 304 g/mol. The zero-order chi connectivity index (χ0) is 18.2. The van der Waals surface area contributed by atoms with Crippen molar-refractivity contribution in [2.24, 2.45) is 5.92 Å². The lowest BCUT2D eigenvalue weighted by atomic mass is 10.0. The number of allylic oxidation sites excluding steroid dienone is 1. The van der Waals surface area contributed by atoms with Gasteiger partial charge in [0, 0.05) is 19.3 Å². The van der Waals surface area contributed by atoms with E-state index in [1.165, 1.54) is 19.3 Å². The number of carbonyl (C=O) groups excluding carboxylic acids is 1. The van der Waals surface area contributed by atoms with Crippen molar-refractivity contribution in [2.75, 3.05) is 0 Å². The number of carbonyl (C=O) groups is 2. The van der Waals surface area contributed by atoms with Gasteiger partial charge in [-0.1, -0.05) is 64.5 Å². The van der Waals surface area contributed by atoms with Crippen molar-refractivity contribution in [3.63, 3.8) is 0 Å². The van der Waals surface area contributed by atoms with Crippen molar-refractivity contribution >= 4 is 11.8 Å². The molecule has 1 rings (SSSR count). The van der Waals surface area contributed by atoms with Crippen LogP contribution in [0.2, 0.25) is 0 Å². The van der Waals surface area contributed by atoms with Crippen LogP contribution in [-0.4, -0.2) is 28.1 Å². The summed E-state index contributed by atoms with van der Waals surface area (Å²) >= 11 is 0. The lowest BCUT2D eigenvalue weighted by Crippen LogP contribution is -2.02. The molecular formula is C20H36O4. The molecule has 0 aromatic carbocycles. The van der Waals surface area contributed by atoms with Gasteiger partial charge in [-0.3, -0.25) is 9.59 Å². The Balaban J connectivity index is 0.000000506. The summed E-state index contributed by atoms with van der Waals surface area (Å²) in [5.74, 6) is 0.0783. The Bertz CT molecular complexity index is 363. The van der Waals surface area contributed by atoms with Crippen LogP contribution in [-0.2, 0) is 9.59 Å². The van der Waals surface area contributed by atoms with E-state index in [-0.39, 0.29) is 6.10 Å². The average Bonchev–Trinajstić information content (AvgIpc) is 2.96. The van der Waals surface area contributed by atoms with E-state index in [0.717, 1.165) is 44.9 Å². The number of ketones is 1. The van der Waals surface area contributed by atoms with Crippen molar-refractivity contribution in [1.29, 1.82) is 0 Å². The first-order chi connectivity index (χ1) is 11.5. The van der Waals surface area contributed by atoms with Gasteiger partial charge in [0.2, 0.25) is 0 Å². The third kappa shape index (κ3) is 14.4. The highest BCUT2D eigenvalue weighted by Gasteiger charge is 2.19. The highest BCUT2D eigenvalue weighted by atomic mass is 16.4. The van der Waals surface area contributed by atoms with E-state index in [0.29, 0.717) is 24.5 Å². The molecule has 2 atom stereocenters. The van der Waals surface area contributed by atoms with Crippen molar-refractivity contribution in [3.05, 3.63) is 12.2 Å². The predicted molar refractivity (Wildman–Crippen MR) is 98.0 cm³/mol. The molecule has 0 bridgehead atoms. The molecule has 4 nitrogen and oxygen atoms in total. The summed E-state index contributed by atoms with van der Waals surface area (Å²) < 4.78 is 0. The van der Waals surface area contributed by atoms with E-state index in [9.17, 15) is 14.7 Å². The minimum atomic E-state index is -0.675. The quantitative estimate of drug-likeness (QED) is 0.414. The summed E-state index contributed by atoms with van der Waals surface area (Å²) in [5.41, 5.74) is 0. The molecule has 1 saturated carbocycles. The molecule has 1 aliphatic carbocycles. The number of hydrogen-bond donors (Lipinski definition) is 2. The van der Waals surface area contributed by atoms with Gasteiger partial charge in [0.15, 0.2) is 0 Å². The van der Waals surface area contributed by atoms with Crippen molar-refractivity contribution in [3.8, 4) is 0 Å². The summed E-state index contributed by atoms with van der Waals surface area (Å²) in [4.78, 5) is 21.0. The zero-order valence-electron chi connectivity index (χ0n) is 15.5. The fourth-order valence-corrected chi connectivity index (χ4v) is 2.70. The maximum absolute atomic E-state index is 11.0. The standard InChI is InChI=1S/C13H22O2.C7H14O2/c1-2-3-4-5-12(14)8-6-11-7-9-13(15)10-11;1-2-3-4-5-6-7(8)9/h6,8,11-12,14H,2-5,7,9-10H2,1H3;2-6H2,1H3,(H,8,9)/b8-6+;. The van der Waals surface area contributed by atoms with Crippen LogP contribution in [0.5, 0.6) is 0 Å². The Morgan fingerprint density at radius 1 is 1.17 bits per heavy atom. The first kappa shape index (κ1) is 22.8. The third-order valence-corrected chi connectivity index (χ3v) is 4.24. The maximum Gasteiger partial charge on any atom is 0.303 e. The van der Waals surface area contributed by atoms with Gasteiger partial charge in [-0.25, -0.2) is 0 Å². The van der Waals surface area contributed by atoms with E-state index in [1.54, 1.807) is 0 Å². The third-order valence-electron chi connectivity index (χ3n) is 4.24. The predicted octanol–water partition coefficient (Wildman–Crippen LogP) is 4.89. The molecule has 0 aromatic heterocycles. The van der Waals surface area contributed by atoms with Crippen molar-refractivity contribution in [2.45, 2.75) is 97.0 Å². The van der Waals surface area contributed by atoms with Gasteiger partial charge in [0.1, 0.15) is 5.78 Å². The number of aliphatic hydroxyl groups excluding tert-OH is 1. The molecule has 24 heavy (non-hydrogen) atoms. The number of carboxylic acids is 1. The molecule has 2 unspecified atom stereocenters. The van der Waals surface area contributed by atoms with Crippen LogP contribution in [0.15, 0.2) is 12.2 Å². The van der Waals surface area contributed by atoms with Gasteiger partial charge in [-0.2, -0.15) is 0 Å². The summed E-state index contributed by atoms with van der Waals surface area (Å²) in [6.07, 6.45) is 14.8. The van der Waals surface area contributed by atoms with Gasteiger partial charge < -0.3 is 10.2 Å². The van der Waals surface area contributed by atoms with Gasteiger partial charge in [0.25, 0.3) is 0 Å². The van der Waals surface area contributed by atoms with E-state index in [2.05, 4.69) is 13.8 Å². The largest absolute Gasteiger partial charge is 0.481 e. The Labute approximate surface area is 147 Å². The lowest BCUT2D eigenvalue weighted by Gasteiger charge is -2.06. The minimum Gasteiger partial charge on any atom is -0.481 e. The molecule has 0 radical (unpaired) electrons. The zero-order valence-corrected chi connectivity index (χ0v) is 15.5. The molecule has 0 amide bonds. The van der Waals surface area contributed by atoms with Crippen LogP contribution in [0.1, 0.15) is 90.9 Å². The fraction of sp³-hybridized carbons (Fsp3) is 0.800. The normalized spacial score (nSPS) is 18.5. The molecule has 0 heterocycles. The second-order valence-electron chi connectivity index (χ2n) is 6.69. The first-order valence-electron chi connectivity index (χ1n) is 9.59. The van der Waals surface area contributed by atoms with E-state index >= 15 is 0 Å². The molecule has 140 valence electrons. The summed E-state index contributed by atoms with van der Waals surface area (Å²) in [6.45, 7) is 4.27. The Kier molecular flexibility index (Phi) is 14.6. The fourth-order valence-electron chi connectivity index (χ4n) is 2.70. The van der Waals surface area contributed by atoms with Crippen LogP contribution in [0.4, 0.5) is 0 Å². The molecule has 1 aliphatic rings. The van der Waals surface area contributed by atoms with Gasteiger partial charge >= 0.3 is 5.97 Å². The molecule has 4 heteroatoms. The second-order valence-corrected chi connectivity index (χ2v) is 6.69.